The van der Waals surface area contributed by atoms with Crippen LogP contribution in [-0.4, -0.2) is 23.4 Å². The molecule has 38 heavy (non-hydrogen) atoms. The van der Waals surface area contributed by atoms with Gasteiger partial charge in [-0.3, -0.25) is 9.59 Å². The minimum absolute atomic E-state index is 0.0274. The van der Waals surface area contributed by atoms with Crippen LogP contribution in [-0.2, 0) is 11.8 Å². The molecule has 0 N–H and O–H groups in total. The lowest BCUT2D eigenvalue weighted by Gasteiger charge is -2.21. The number of hydrogen-bond acceptors (Lipinski definition) is 5. The summed E-state index contributed by atoms with van der Waals surface area (Å²) in [5.41, 5.74) is 1.84. The molecule has 0 fully saturated rings. The van der Waals surface area contributed by atoms with Gasteiger partial charge in [0.15, 0.2) is 5.78 Å². The van der Waals surface area contributed by atoms with Crippen molar-refractivity contribution in [2.45, 2.75) is 19.3 Å². The van der Waals surface area contributed by atoms with Gasteiger partial charge in [-0.2, -0.15) is 0 Å². The van der Waals surface area contributed by atoms with Gasteiger partial charge in [-0.05, 0) is 47.9 Å². The van der Waals surface area contributed by atoms with E-state index in [9.17, 15) is 18.8 Å². The van der Waals surface area contributed by atoms with Crippen molar-refractivity contribution in [1.29, 1.82) is 0 Å². The van der Waals surface area contributed by atoms with Crippen molar-refractivity contribution >= 4 is 11.8 Å². The van der Waals surface area contributed by atoms with E-state index in [0.29, 0.717) is 5.56 Å². The quantitative estimate of drug-likeness (QED) is 0.213. The third-order valence-electron chi connectivity index (χ3n) is 6.29. The Morgan fingerprint density at radius 2 is 1.58 bits per heavy atom. The smallest absolute Gasteiger partial charge is 0.340 e. The van der Waals surface area contributed by atoms with Gasteiger partial charge in [-0.15, -0.1) is 0 Å². The molecule has 194 valence electrons. The maximum Gasteiger partial charge on any atom is 0.340 e. The lowest BCUT2D eigenvalue weighted by molar-refractivity contribution is 0.0595. The minimum atomic E-state index is -0.831. The normalized spacial score (nSPS) is 11.6. The number of Topliss-reactive ketones (excluding diaryl/α,β-unsaturated/α-hetero) is 1. The summed E-state index contributed by atoms with van der Waals surface area (Å²) in [4.78, 5) is 36.5. The zero-order valence-electron chi connectivity index (χ0n) is 21.0. The number of methoxy groups -OCH3 is 1. The topological polar surface area (TPSA) is 74.6 Å². The number of benzene rings is 3. The van der Waals surface area contributed by atoms with E-state index in [4.69, 9.17) is 4.74 Å². The fourth-order valence-corrected chi connectivity index (χ4v) is 4.25. The molecule has 4 rings (SSSR count). The fourth-order valence-electron chi connectivity index (χ4n) is 4.25. The summed E-state index contributed by atoms with van der Waals surface area (Å²) in [6.45, 7) is 1.89. The van der Waals surface area contributed by atoms with Crippen molar-refractivity contribution < 1.29 is 27.8 Å². The first kappa shape index (κ1) is 26.5. The summed E-state index contributed by atoms with van der Waals surface area (Å²) in [5.74, 6) is -2.91. The number of ether oxygens (including phenoxy) is 2. The van der Waals surface area contributed by atoms with Gasteiger partial charge in [0.2, 0.25) is 5.56 Å². The van der Waals surface area contributed by atoms with Gasteiger partial charge in [-0.1, -0.05) is 30.3 Å². The molecule has 0 aliphatic heterocycles. The van der Waals surface area contributed by atoms with E-state index in [2.05, 4.69) is 4.74 Å². The molecule has 0 saturated heterocycles. The summed E-state index contributed by atoms with van der Waals surface area (Å²) < 4.78 is 41.2. The number of halogens is 2. The predicted molar refractivity (Wildman–Crippen MR) is 138 cm³/mol. The van der Waals surface area contributed by atoms with Gasteiger partial charge in [0, 0.05) is 49.3 Å². The van der Waals surface area contributed by atoms with Crippen LogP contribution < -0.4 is 10.3 Å². The standard InChI is InChI=1S/C30H25F2NO5/c1-18-6-4-5-7-22(18)25(16-28(34)19-8-13-29(35)33(2)17-19)23-11-9-20(14-26(23)31)38-21-10-12-24(27(32)15-21)30(36)37-3/h4-15,17,25H,16H2,1-3H3. The molecule has 8 heteroatoms. The van der Waals surface area contributed by atoms with Crippen molar-refractivity contribution in [1.82, 2.24) is 4.57 Å². The minimum Gasteiger partial charge on any atom is -0.465 e. The maximum atomic E-state index is 15.5. The van der Waals surface area contributed by atoms with Crippen LogP contribution in [0.25, 0.3) is 0 Å². The molecule has 0 saturated carbocycles. The summed E-state index contributed by atoms with van der Waals surface area (Å²) >= 11 is 0. The molecule has 6 nitrogen and oxygen atoms in total. The van der Waals surface area contributed by atoms with Crippen molar-refractivity contribution in [2.24, 2.45) is 7.05 Å². The van der Waals surface area contributed by atoms with E-state index in [1.165, 1.54) is 53.2 Å². The highest BCUT2D eigenvalue weighted by Gasteiger charge is 2.24. The van der Waals surface area contributed by atoms with E-state index >= 15 is 4.39 Å². The number of carbonyl (C=O) groups is 2. The van der Waals surface area contributed by atoms with E-state index in [1.807, 2.05) is 31.2 Å². The Balaban J connectivity index is 1.65. The van der Waals surface area contributed by atoms with E-state index in [0.717, 1.165) is 24.3 Å². The number of hydrogen-bond donors (Lipinski definition) is 0. The molecule has 0 amide bonds. The first-order chi connectivity index (χ1) is 18.2. The first-order valence-corrected chi connectivity index (χ1v) is 11.8. The van der Waals surface area contributed by atoms with Gasteiger partial charge >= 0.3 is 5.97 Å². The van der Waals surface area contributed by atoms with Gasteiger partial charge in [-0.25, -0.2) is 13.6 Å². The molecule has 1 unspecified atom stereocenters. The number of carbonyl (C=O) groups excluding carboxylic acids is 2. The highest BCUT2D eigenvalue weighted by atomic mass is 19.1. The molecule has 0 aliphatic rings. The molecule has 1 atom stereocenters. The summed E-state index contributed by atoms with van der Waals surface area (Å²) in [7, 11) is 2.71. The number of esters is 1. The molecule has 1 aromatic heterocycles. The van der Waals surface area contributed by atoms with Crippen LogP contribution in [0.3, 0.4) is 0 Å². The highest BCUT2D eigenvalue weighted by molar-refractivity contribution is 5.96. The van der Waals surface area contributed by atoms with E-state index in [1.54, 1.807) is 7.05 Å². The molecule has 0 aliphatic carbocycles. The molecular weight excluding hydrogens is 492 g/mol. The Morgan fingerprint density at radius 1 is 0.895 bits per heavy atom. The number of rotatable bonds is 8. The van der Waals surface area contributed by atoms with E-state index in [-0.39, 0.29) is 40.4 Å². The molecular formula is C30H25F2NO5. The fraction of sp³-hybridized carbons (Fsp3) is 0.167. The second kappa shape index (κ2) is 11.2. The van der Waals surface area contributed by atoms with E-state index < -0.39 is 23.5 Å². The van der Waals surface area contributed by atoms with Gasteiger partial charge < -0.3 is 14.0 Å². The molecule has 4 aromatic rings. The number of ketones is 1. The third kappa shape index (κ3) is 5.70. The molecule has 3 aromatic carbocycles. The number of pyridine rings is 1. The average Bonchev–Trinajstić information content (AvgIpc) is 2.89. The second-order valence-corrected chi connectivity index (χ2v) is 8.82. The second-order valence-electron chi connectivity index (χ2n) is 8.82. The van der Waals surface area contributed by atoms with Crippen molar-refractivity contribution in [3.63, 3.8) is 0 Å². The third-order valence-corrected chi connectivity index (χ3v) is 6.29. The predicted octanol–water partition coefficient (Wildman–Crippen LogP) is 5.96. The van der Waals surface area contributed by atoms with Crippen molar-refractivity contribution in [3.8, 4) is 11.5 Å². The van der Waals surface area contributed by atoms with Crippen LogP contribution in [0.4, 0.5) is 8.78 Å². The average molecular weight is 518 g/mol. The van der Waals surface area contributed by atoms with Crippen LogP contribution in [0.5, 0.6) is 11.5 Å². The van der Waals surface area contributed by atoms with Crippen LogP contribution in [0.2, 0.25) is 0 Å². The van der Waals surface area contributed by atoms with Crippen molar-refractivity contribution in [2.75, 3.05) is 7.11 Å². The van der Waals surface area contributed by atoms with Gasteiger partial charge in [0.25, 0.3) is 0 Å². The van der Waals surface area contributed by atoms with Gasteiger partial charge in [0.05, 0.1) is 12.7 Å². The molecule has 0 radical (unpaired) electrons. The van der Waals surface area contributed by atoms with Crippen LogP contribution in [0.15, 0.2) is 83.8 Å². The molecule has 1 heterocycles. The SMILES string of the molecule is COC(=O)c1ccc(Oc2ccc(C(CC(=O)c3ccc(=O)n(C)c3)c3ccccc3C)c(F)c2)cc1F. The number of nitrogens with zero attached hydrogens (tertiary/aromatic N) is 1. The lowest BCUT2D eigenvalue weighted by Crippen LogP contribution is -2.18. The van der Waals surface area contributed by atoms with Gasteiger partial charge in [0.1, 0.15) is 23.1 Å². The van der Waals surface area contributed by atoms with Crippen molar-refractivity contribution in [3.05, 3.63) is 129 Å². The Morgan fingerprint density at radius 3 is 2.21 bits per heavy atom. The number of aryl methyl sites for hydroxylation is 2. The molecule has 0 spiro atoms. The zero-order chi connectivity index (χ0) is 27.4. The monoisotopic (exact) mass is 517 g/mol. The lowest BCUT2D eigenvalue weighted by atomic mass is 9.83. The summed E-state index contributed by atoms with van der Waals surface area (Å²) in [5, 5.41) is 0. The maximum absolute atomic E-state index is 15.5. The van der Waals surface area contributed by atoms with Crippen LogP contribution >= 0.6 is 0 Å². The largest absolute Gasteiger partial charge is 0.465 e. The van der Waals surface area contributed by atoms with Crippen LogP contribution in [0.1, 0.15) is 49.7 Å². The zero-order valence-corrected chi connectivity index (χ0v) is 21.0. The summed E-state index contributed by atoms with van der Waals surface area (Å²) in [6, 6.07) is 18.1. The Bertz CT molecular complexity index is 1580. The number of aromatic nitrogens is 1. The first-order valence-electron chi connectivity index (χ1n) is 11.8. The molecule has 0 bridgehead atoms. The Hall–Kier alpha value is -4.59. The van der Waals surface area contributed by atoms with Crippen LogP contribution in [0, 0.1) is 18.6 Å². The summed E-state index contributed by atoms with van der Waals surface area (Å²) in [6.07, 6.45) is 1.44. The highest BCUT2D eigenvalue weighted by Crippen LogP contribution is 2.35. The Labute approximate surface area is 218 Å². The Kier molecular flexibility index (Phi) is 7.81.